The number of hydrogen-bond donors (Lipinski definition) is 0. The summed E-state index contributed by atoms with van der Waals surface area (Å²) in [5, 5.41) is 0. The van der Waals surface area contributed by atoms with E-state index in [0.717, 1.165) is 0 Å². The fourth-order valence-corrected chi connectivity index (χ4v) is 3.01. The average Bonchev–Trinajstić information content (AvgIpc) is 2.32. The van der Waals surface area contributed by atoms with Crippen molar-refractivity contribution in [1.29, 1.82) is 0 Å². The topological polar surface area (TPSA) is 69.7 Å². The molecular weight excluding hydrogens is 316 g/mol. The van der Waals surface area contributed by atoms with Gasteiger partial charge in [0.2, 0.25) is 0 Å². The Labute approximate surface area is 129 Å². The van der Waals surface area contributed by atoms with E-state index in [1.54, 1.807) is 19.9 Å². The van der Waals surface area contributed by atoms with Gasteiger partial charge in [-0.25, -0.2) is 13.2 Å². The molecule has 0 N–H and O–H groups in total. The third-order valence-corrected chi connectivity index (χ3v) is 4.24. The number of rotatable bonds is 6. The molecule has 0 aliphatic carbocycles. The van der Waals surface area contributed by atoms with Gasteiger partial charge in [0.05, 0.1) is 23.2 Å². The fourth-order valence-electron chi connectivity index (χ4n) is 1.81. The average molecular weight is 335 g/mol. The summed E-state index contributed by atoms with van der Waals surface area (Å²) in [6, 6.07) is 2.84. The molecule has 0 spiro atoms. The Kier molecular flexibility index (Phi) is 6.19. The van der Waals surface area contributed by atoms with Crippen LogP contribution in [0.25, 0.3) is 0 Å². The third-order valence-electron chi connectivity index (χ3n) is 2.77. The number of halogens is 1. The second-order valence-electron chi connectivity index (χ2n) is 4.93. The van der Waals surface area contributed by atoms with Crippen molar-refractivity contribution < 1.29 is 22.7 Å². The lowest BCUT2D eigenvalue weighted by atomic mass is 10.1. The molecule has 0 saturated heterocycles. The van der Waals surface area contributed by atoms with E-state index in [4.69, 9.17) is 20.2 Å². The molecule has 21 heavy (non-hydrogen) atoms. The van der Waals surface area contributed by atoms with E-state index in [1.807, 2.05) is 13.8 Å². The highest BCUT2D eigenvalue weighted by Gasteiger charge is 2.19. The Bertz CT molecular complexity index is 622. The Morgan fingerprint density at radius 1 is 1.19 bits per heavy atom. The van der Waals surface area contributed by atoms with E-state index >= 15 is 0 Å². The molecule has 118 valence electrons. The van der Waals surface area contributed by atoms with Gasteiger partial charge < -0.3 is 9.47 Å². The highest BCUT2D eigenvalue weighted by atomic mass is 35.7. The Morgan fingerprint density at radius 2 is 1.81 bits per heavy atom. The standard InChI is InChI=1S/C14H19ClO5S/c1-9(2)19-5-6-20-14(16)12-8-13(21(15,17)18)11(4)7-10(12)3/h7-9H,5-6H2,1-4H3. The third kappa shape index (κ3) is 5.30. The summed E-state index contributed by atoms with van der Waals surface area (Å²) in [5.41, 5.74) is 1.30. The van der Waals surface area contributed by atoms with E-state index in [1.165, 1.54) is 6.07 Å². The minimum atomic E-state index is -3.90. The van der Waals surface area contributed by atoms with Crippen LogP contribution in [-0.4, -0.2) is 33.7 Å². The molecule has 0 aromatic heterocycles. The second kappa shape index (κ2) is 7.24. The van der Waals surface area contributed by atoms with E-state index in [0.29, 0.717) is 11.1 Å². The Balaban J connectivity index is 2.90. The number of ether oxygens (including phenoxy) is 2. The van der Waals surface area contributed by atoms with Crippen LogP contribution in [0.5, 0.6) is 0 Å². The summed E-state index contributed by atoms with van der Waals surface area (Å²) < 4.78 is 33.3. The maximum absolute atomic E-state index is 12.0. The normalized spacial score (nSPS) is 11.7. The SMILES string of the molecule is Cc1cc(C)c(S(=O)(=O)Cl)cc1C(=O)OCCOC(C)C. The van der Waals surface area contributed by atoms with Gasteiger partial charge in [0.25, 0.3) is 9.05 Å². The molecule has 7 heteroatoms. The van der Waals surface area contributed by atoms with Crippen LogP contribution in [0.3, 0.4) is 0 Å². The summed E-state index contributed by atoms with van der Waals surface area (Å²) in [5.74, 6) is -0.596. The highest BCUT2D eigenvalue weighted by molar-refractivity contribution is 8.13. The number of hydrogen-bond acceptors (Lipinski definition) is 5. The summed E-state index contributed by atoms with van der Waals surface area (Å²) in [7, 11) is 1.45. The Hall–Kier alpha value is -1.11. The second-order valence-corrected chi connectivity index (χ2v) is 7.46. The maximum Gasteiger partial charge on any atom is 0.338 e. The first-order valence-electron chi connectivity index (χ1n) is 6.47. The smallest absolute Gasteiger partial charge is 0.338 e. The van der Waals surface area contributed by atoms with Gasteiger partial charge in [-0.15, -0.1) is 0 Å². The number of carbonyl (C=O) groups is 1. The Morgan fingerprint density at radius 3 is 2.33 bits per heavy atom. The monoisotopic (exact) mass is 334 g/mol. The van der Waals surface area contributed by atoms with Crippen LogP contribution in [0.15, 0.2) is 17.0 Å². The number of benzene rings is 1. The quantitative estimate of drug-likeness (QED) is 0.454. The lowest BCUT2D eigenvalue weighted by Gasteiger charge is -2.11. The van der Waals surface area contributed by atoms with Crippen LogP contribution in [0.2, 0.25) is 0 Å². The molecule has 5 nitrogen and oxygen atoms in total. The molecule has 0 bridgehead atoms. The van der Waals surface area contributed by atoms with Crippen LogP contribution in [-0.2, 0) is 18.5 Å². The van der Waals surface area contributed by atoms with Crippen molar-refractivity contribution in [2.45, 2.75) is 38.7 Å². The molecule has 0 aliphatic heterocycles. The molecule has 1 aromatic rings. The van der Waals surface area contributed by atoms with Crippen molar-refractivity contribution in [3.8, 4) is 0 Å². The van der Waals surface area contributed by atoms with Crippen LogP contribution in [0.4, 0.5) is 0 Å². The van der Waals surface area contributed by atoms with Gasteiger partial charge >= 0.3 is 5.97 Å². The largest absolute Gasteiger partial charge is 0.460 e. The molecule has 1 rings (SSSR count). The van der Waals surface area contributed by atoms with Crippen molar-refractivity contribution in [2.24, 2.45) is 0 Å². The molecule has 0 unspecified atom stereocenters. The zero-order valence-electron chi connectivity index (χ0n) is 12.5. The maximum atomic E-state index is 12.0. The molecule has 1 aromatic carbocycles. The molecule has 0 atom stereocenters. The number of esters is 1. The lowest BCUT2D eigenvalue weighted by Crippen LogP contribution is -2.15. The molecule has 0 saturated carbocycles. The number of aryl methyl sites for hydroxylation is 2. The minimum absolute atomic E-state index is 0.0535. The molecular formula is C14H19ClO5S. The summed E-state index contributed by atoms with van der Waals surface area (Å²) in [6.45, 7) is 7.47. The summed E-state index contributed by atoms with van der Waals surface area (Å²) in [4.78, 5) is 11.9. The van der Waals surface area contributed by atoms with Gasteiger partial charge in [0.1, 0.15) is 6.61 Å². The molecule has 0 fully saturated rings. The predicted octanol–water partition coefficient (Wildman–Crippen LogP) is 2.81. The molecule has 0 radical (unpaired) electrons. The zero-order valence-corrected chi connectivity index (χ0v) is 14.0. The number of carbonyl (C=O) groups excluding carboxylic acids is 1. The van der Waals surface area contributed by atoms with Gasteiger partial charge in [0, 0.05) is 10.7 Å². The summed E-state index contributed by atoms with van der Waals surface area (Å²) in [6.07, 6.45) is 0.0535. The van der Waals surface area contributed by atoms with Crippen LogP contribution in [0.1, 0.15) is 35.3 Å². The fraction of sp³-hybridized carbons (Fsp3) is 0.500. The zero-order chi connectivity index (χ0) is 16.2. The molecule has 0 amide bonds. The lowest BCUT2D eigenvalue weighted by molar-refractivity contribution is 0.0176. The first-order chi connectivity index (χ1) is 9.62. The highest BCUT2D eigenvalue weighted by Crippen LogP contribution is 2.24. The van der Waals surface area contributed by atoms with Crippen molar-refractivity contribution in [2.75, 3.05) is 13.2 Å². The van der Waals surface area contributed by atoms with E-state index in [2.05, 4.69) is 0 Å². The van der Waals surface area contributed by atoms with Crippen molar-refractivity contribution >= 4 is 25.7 Å². The van der Waals surface area contributed by atoms with Gasteiger partial charge in [0.15, 0.2) is 0 Å². The minimum Gasteiger partial charge on any atom is -0.460 e. The van der Waals surface area contributed by atoms with Crippen LogP contribution < -0.4 is 0 Å². The predicted molar refractivity (Wildman–Crippen MR) is 80.3 cm³/mol. The van der Waals surface area contributed by atoms with E-state index in [9.17, 15) is 13.2 Å². The van der Waals surface area contributed by atoms with E-state index < -0.39 is 15.0 Å². The first kappa shape index (κ1) is 17.9. The van der Waals surface area contributed by atoms with Gasteiger partial charge in [-0.3, -0.25) is 0 Å². The summed E-state index contributed by atoms with van der Waals surface area (Å²) >= 11 is 0. The molecule has 0 aliphatic rings. The van der Waals surface area contributed by atoms with Crippen molar-refractivity contribution in [3.05, 3.63) is 28.8 Å². The van der Waals surface area contributed by atoms with Crippen LogP contribution >= 0.6 is 10.7 Å². The van der Waals surface area contributed by atoms with E-state index in [-0.39, 0.29) is 29.8 Å². The van der Waals surface area contributed by atoms with Crippen LogP contribution in [0, 0.1) is 13.8 Å². The van der Waals surface area contributed by atoms with Gasteiger partial charge in [-0.1, -0.05) is 6.07 Å². The van der Waals surface area contributed by atoms with Crippen molar-refractivity contribution in [1.82, 2.24) is 0 Å². The molecule has 0 heterocycles. The van der Waals surface area contributed by atoms with Crippen molar-refractivity contribution in [3.63, 3.8) is 0 Å². The van der Waals surface area contributed by atoms with Gasteiger partial charge in [-0.2, -0.15) is 0 Å². The first-order valence-corrected chi connectivity index (χ1v) is 8.78. The van der Waals surface area contributed by atoms with Gasteiger partial charge in [-0.05, 0) is 44.9 Å².